The van der Waals surface area contributed by atoms with Gasteiger partial charge < -0.3 is 14.2 Å². The summed E-state index contributed by atoms with van der Waals surface area (Å²) in [6, 6.07) is 0. The number of unbranched alkanes of at least 4 members (excludes halogenated alkanes) is 8. The number of hydrogen-bond acceptors (Lipinski definition) is 8. The Labute approximate surface area is 214 Å². The van der Waals surface area contributed by atoms with Gasteiger partial charge in [0.15, 0.2) is 0 Å². The summed E-state index contributed by atoms with van der Waals surface area (Å²) in [6.45, 7) is 2.91. The van der Waals surface area contributed by atoms with Crippen molar-refractivity contribution < 1.29 is 28.6 Å². The Balaban J connectivity index is 3.34. The van der Waals surface area contributed by atoms with Gasteiger partial charge in [-0.2, -0.15) is 0 Å². The highest BCUT2D eigenvalue weighted by atomic mass is 32.2. The summed E-state index contributed by atoms with van der Waals surface area (Å²) >= 11 is 3.28. The van der Waals surface area contributed by atoms with Crippen molar-refractivity contribution in [3.63, 3.8) is 0 Å². The molecular weight excluding hydrogens is 472 g/mol. The topological polar surface area (TPSA) is 78.9 Å². The van der Waals surface area contributed by atoms with Crippen LogP contribution in [0.3, 0.4) is 0 Å². The van der Waals surface area contributed by atoms with Crippen LogP contribution in [0.4, 0.5) is 0 Å². The Morgan fingerprint density at radius 2 is 1.12 bits per heavy atom. The van der Waals surface area contributed by atoms with Gasteiger partial charge in [-0.1, -0.05) is 51.9 Å². The average Bonchev–Trinajstić information content (AvgIpc) is 2.83. The Bertz CT molecular complexity index is 640. The number of thioether (sulfide) groups is 2. The lowest BCUT2D eigenvalue weighted by Crippen LogP contribution is -2.08. The van der Waals surface area contributed by atoms with Crippen molar-refractivity contribution in [2.45, 2.75) is 77.6 Å². The monoisotopic (exact) mass is 512 g/mol. The van der Waals surface area contributed by atoms with Crippen molar-refractivity contribution in [1.82, 2.24) is 0 Å². The molecule has 0 saturated heterocycles. The van der Waals surface area contributed by atoms with E-state index in [1.165, 1.54) is 57.1 Å². The second-order valence-corrected chi connectivity index (χ2v) is 9.53. The van der Waals surface area contributed by atoms with E-state index in [1.807, 2.05) is 11.3 Å². The van der Waals surface area contributed by atoms with Crippen LogP contribution < -0.4 is 0 Å². The fourth-order valence-electron chi connectivity index (χ4n) is 2.63. The third kappa shape index (κ3) is 24.8. The van der Waals surface area contributed by atoms with Gasteiger partial charge in [-0.25, -0.2) is 14.4 Å². The molecule has 34 heavy (non-hydrogen) atoms. The first kappa shape index (κ1) is 32.1. The highest BCUT2D eigenvalue weighted by molar-refractivity contribution is 8.02. The maximum Gasteiger partial charge on any atom is 0.384 e. The van der Waals surface area contributed by atoms with Crippen LogP contribution in [-0.2, 0) is 28.6 Å². The maximum absolute atomic E-state index is 11.5. The molecule has 0 unspecified atom stereocenters. The van der Waals surface area contributed by atoms with Gasteiger partial charge in [-0.3, -0.25) is 0 Å². The third-order valence-electron chi connectivity index (χ3n) is 4.50. The van der Waals surface area contributed by atoms with E-state index in [-0.39, 0.29) is 19.2 Å². The van der Waals surface area contributed by atoms with E-state index >= 15 is 0 Å². The van der Waals surface area contributed by atoms with E-state index in [0.29, 0.717) is 13.0 Å². The Hall–Kier alpha value is -1.85. The zero-order chi connectivity index (χ0) is 25.1. The lowest BCUT2D eigenvalue weighted by Gasteiger charge is -2.02. The number of carbonyl (C=O) groups excluding carboxylic acids is 3. The van der Waals surface area contributed by atoms with Crippen LogP contribution in [0.25, 0.3) is 0 Å². The van der Waals surface area contributed by atoms with Crippen molar-refractivity contribution >= 4 is 41.4 Å². The van der Waals surface area contributed by atoms with Gasteiger partial charge in [0.1, 0.15) is 0 Å². The summed E-state index contributed by atoms with van der Waals surface area (Å²) in [4.78, 5) is 33.6. The molecule has 0 aromatic heterocycles. The molecule has 0 saturated carbocycles. The Morgan fingerprint density at radius 3 is 1.59 bits per heavy atom. The van der Waals surface area contributed by atoms with Crippen LogP contribution in [0.1, 0.15) is 77.6 Å². The minimum Gasteiger partial charge on any atom is -0.463 e. The van der Waals surface area contributed by atoms with E-state index in [9.17, 15) is 14.4 Å². The standard InChI is InChI=1S/C26H40O6S2/c1-3-5-17-31-25(28)15-22-33-20-12-10-8-6-7-9-11-13-21-34-23-16-26(29)32-19-14-18-30-24(27)4-2/h2,15-16,22-23H,3,5-14,17-21H2,1H3/b22-15+,23-16+. The number of esters is 3. The molecule has 0 aliphatic heterocycles. The van der Waals surface area contributed by atoms with Crippen molar-refractivity contribution in [3.05, 3.63) is 23.0 Å². The largest absolute Gasteiger partial charge is 0.463 e. The fraction of sp³-hybridized carbons (Fsp3) is 0.654. The highest BCUT2D eigenvalue weighted by Gasteiger charge is 1.99. The first-order valence-electron chi connectivity index (χ1n) is 12.1. The molecule has 8 heteroatoms. The summed E-state index contributed by atoms with van der Waals surface area (Å²) in [5.74, 6) is 2.53. The van der Waals surface area contributed by atoms with Gasteiger partial charge >= 0.3 is 17.9 Å². The number of terminal acetylenes is 1. The molecule has 6 nitrogen and oxygen atoms in total. The lowest BCUT2D eigenvalue weighted by molar-refractivity contribution is -0.140. The smallest absolute Gasteiger partial charge is 0.384 e. The van der Waals surface area contributed by atoms with Gasteiger partial charge in [0.05, 0.1) is 19.8 Å². The van der Waals surface area contributed by atoms with Gasteiger partial charge in [0.25, 0.3) is 0 Å². The molecule has 0 aliphatic rings. The van der Waals surface area contributed by atoms with E-state index < -0.39 is 11.9 Å². The first-order chi connectivity index (χ1) is 16.6. The molecule has 0 aliphatic carbocycles. The van der Waals surface area contributed by atoms with Crippen molar-refractivity contribution in [1.29, 1.82) is 0 Å². The predicted octanol–water partition coefficient (Wildman–Crippen LogP) is 6.05. The molecule has 0 spiro atoms. The lowest BCUT2D eigenvalue weighted by atomic mass is 10.1. The molecule has 0 aromatic rings. The molecule has 0 aromatic carbocycles. The fourth-order valence-corrected chi connectivity index (χ4v) is 4.05. The van der Waals surface area contributed by atoms with Gasteiger partial charge in [0.2, 0.25) is 0 Å². The third-order valence-corrected chi connectivity index (χ3v) is 6.21. The maximum atomic E-state index is 11.5. The van der Waals surface area contributed by atoms with E-state index in [0.717, 1.165) is 30.8 Å². The Morgan fingerprint density at radius 1 is 0.676 bits per heavy atom. The molecule has 0 bridgehead atoms. The Kier molecular flexibility index (Phi) is 24.4. The molecule has 0 atom stereocenters. The van der Waals surface area contributed by atoms with Gasteiger partial charge in [0, 0.05) is 24.5 Å². The number of carbonyl (C=O) groups is 3. The minimum absolute atomic E-state index is 0.143. The number of rotatable bonds is 22. The number of hydrogen-bond donors (Lipinski definition) is 0. The summed E-state index contributed by atoms with van der Waals surface area (Å²) in [7, 11) is 0. The average molecular weight is 513 g/mol. The quantitative estimate of drug-likeness (QED) is 0.0433. The molecule has 0 rings (SSSR count). The first-order valence-corrected chi connectivity index (χ1v) is 14.2. The second kappa shape index (κ2) is 25.8. The summed E-state index contributed by atoms with van der Waals surface area (Å²) in [5.41, 5.74) is 0. The normalized spacial score (nSPS) is 10.9. The second-order valence-electron chi connectivity index (χ2n) is 7.50. The van der Waals surface area contributed by atoms with E-state index in [1.54, 1.807) is 28.9 Å². The SMILES string of the molecule is C#CC(=O)OCCCOC(=O)/C=C/SCCCCCCCCCCS/C=C/C(=O)OCCCC. The van der Waals surface area contributed by atoms with E-state index in [2.05, 4.69) is 11.7 Å². The molecule has 0 fully saturated rings. The zero-order valence-corrected chi connectivity index (χ0v) is 22.1. The summed E-state index contributed by atoms with van der Waals surface area (Å²) in [6.07, 6.45) is 20.0. The molecule has 192 valence electrons. The van der Waals surface area contributed by atoms with Crippen LogP contribution in [0.5, 0.6) is 0 Å². The van der Waals surface area contributed by atoms with Crippen LogP contribution in [-0.4, -0.2) is 49.2 Å². The highest BCUT2D eigenvalue weighted by Crippen LogP contribution is 2.13. The van der Waals surface area contributed by atoms with Crippen LogP contribution in [0.15, 0.2) is 23.0 Å². The van der Waals surface area contributed by atoms with Crippen molar-refractivity contribution in [2.24, 2.45) is 0 Å². The van der Waals surface area contributed by atoms with Crippen molar-refractivity contribution in [3.8, 4) is 12.3 Å². The predicted molar refractivity (Wildman–Crippen MR) is 141 cm³/mol. The van der Waals surface area contributed by atoms with Crippen LogP contribution in [0.2, 0.25) is 0 Å². The molecule has 0 radical (unpaired) electrons. The molecular formula is C26H40O6S2. The van der Waals surface area contributed by atoms with Crippen molar-refractivity contribution in [2.75, 3.05) is 31.3 Å². The van der Waals surface area contributed by atoms with Crippen LogP contribution >= 0.6 is 23.5 Å². The number of ether oxygens (including phenoxy) is 3. The van der Waals surface area contributed by atoms with Crippen LogP contribution in [0, 0.1) is 12.3 Å². The zero-order valence-electron chi connectivity index (χ0n) is 20.5. The summed E-state index contributed by atoms with van der Waals surface area (Å²) in [5, 5.41) is 3.61. The van der Waals surface area contributed by atoms with Gasteiger partial charge in [-0.15, -0.1) is 29.9 Å². The molecule has 0 amide bonds. The molecule has 0 N–H and O–H groups in total. The minimum atomic E-state index is -0.707. The van der Waals surface area contributed by atoms with E-state index in [4.69, 9.17) is 15.9 Å². The summed E-state index contributed by atoms with van der Waals surface area (Å²) < 4.78 is 14.7. The van der Waals surface area contributed by atoms with Gasteiger partial charge in [-0.05, 0) is 41.6 Å². The molecule has 0 heterocycles.